The maximum Gasteiger partial charge on any atom is 0.227 e. The van der Waals surface area contributed by atoms with Gasteiger partial charge in [-0.25, -0.2) is 4.98 Å². The van der Waals surface area contributed by atoms with Gasteiger partial charge < -0.3 is 15.1 Å². The van der Waals surface area contributed by atoms with Crippen LogP contribution in [0, 0.1) is 13.8 Å². The molecule has 0 spiro atoms. The molecular formula is C19H25N5O. The van der Waals surface area contributed by atoms with Gasteiger partial charge in [-0.15, -0.1) is 0 Å². The average Bonchev–Trinajstić information content (AvgIpc) is 2.60. The molecule has 1 aliphatic rings. The van der Waals surface area contributed by atoms with Gasteiger partial charge in [-0.1, -0.05) is 29.8 Å². The van der Waals surface area contributed by atoms with Crippen molar-refractivity contribution < 1.29 is 4.79 Å². The van der Waals surface area contributed by atoms with Crippen LogP contribution in [0.15, 0.2) is 30.3 Å². The fourth-order valence-electron chi connectivity index (χ4n) is 3.02. The molecule has 0 radical (unpaired) electrons. The van der Waals surface area contributed by atoms with E-state index in [9.17, 15) is 4.79 Å². The van der Waals surface area contributed by atoms with Gasteiger partial charge in [0.05, 0.1) is 0 Å². The van der Waals surface area contributed by atoms with E-state index in [4.69, 9.17) is 0 Å². The number of aromatic nitrogens is 2. The monoisotopic (exact) mass is 339 g/mol. The molecule has 0 unspecified atom stereocenters. The summed E-state index contributed by atoms with van der Waals surface area (Å²) >= 11 is 0. The zero-order valence-electron chi connectivity index (χ0n) is 15.1. The van der Waals surface area contributed by atoms with Crippen molar-refractivity contribution in [2.45, 2.75) is 27.3 Å². The number of amides is 1. The van der Waals surface area contributed by atoms with Crippen molar-refractivity contribution in [3.8, 4) is 0 Å². The van der Waals surface area contributed by atoms with Crippen LogP contribution in [0.4, 0.5) is 11.8 Å². The molecule has 1 aliphatic heterocycles. The number of rotatable bonds is 4. The molecule has 6 nitrogen and oxygen atoms in total. The summed E-state index contributed by atoms with van der Waals surface area (Å²) in [5, 5.41) is 3.39. The second-order valence-electron chi connectivity index (χ2n) is 6.53. The molecule has 0 saturated carbocycles. The smallest absolute Gasteiger partial charge is 0.227 e. The third-order valence-electron chi connectivity index (χ3n) is 4.41. The Morgan fingerprint density at radius 3 is 2.56 bits per heavy atom. The normalized spacial score (nSPS) is 14.5. The van der Waals surface area contributed by atoms with Crippen molar-refractivity contribution in [2.75, 3.05) is 36.4 Å². The average molecular weight is 339 g/mol. The van der Waals surface area contributed by atoms with Gasteiger partial charge in [0, 0.05) is 51.4 Å². The number of aryl methyl sites for hydroxylation is 2. The zero-order valence-corrected chi connectivity index (χ0v) is 15.1. The molecule has 3 rings (SSSR count). The van der Waals surface area contributed by atoms with Crippen LogP contribution in [0.25, 0.3) is 0 Å². The number of benzene rings is 1. The van der Waals surface area contributed by atoms with Gasteiger partial charge in [0.15, 0.2) is 0 Å². The van der Waals surface area contributed by atoms with Gasteiger partial charge in [0.1, 0.15) is 5.82 Å². The Morgan fingerprint density at radius 1 is 1.12 bits per heavy atom. The summed E-state index contributed by atoms with van der Waals surface area (Å²) in [6.07, 6.45) is 0. The first-order valence-electron chi connectivity index (χ1n) is 8.67. The van der Waals surface area contributed by atoms with Crippen molar-refractivity contribution in [2.24, 2.45) is 0 Å². The lowest BCUT2D eigenvalue weighted by Crippen LogP contribution is -2.48. The van der Waals surface area contributed by atoms with Gasteiger partial charge >= 0.3 is 0 Å². The fourth-order valence-corrected chi connectivity index (χ4v) is 3.02. The largest absolute Gasteiger partial charge is 0.366 e. The molecule has 0 aliphatic carbocycles. The second kappa shape index (κ2) is 7.51. The lowest BCUT2D eigenvalue weighted by Gasteiger charge is -2.34. The number of nitrogens with zero attached hydrogens (tertiary/aromatic N) is 4. The molecule has 2 aromatic rings. The molecule has 132 valence electrons. The molecule has 1 aromatic heterocycles. The summed E-state index contributed by atoms with van der Waals surface area (Å²) in [5.41, 5.74) is 3.42. The highest BCUT2D eigenvalue weighted by molar-refractivity contribution is 5.73. The van der Waals surface area contributed by atoms with Crippen LogP contribution in [0.1, 0.15) is 23.7 Å². The molecule has 1 fully saturated rings. The van der Waals surface area contributed by atoms with Gasteiger partial charge in [-0.3, -0.25) is 4.79 Å². The van der Waals surface area contributed by atoms with Gasteiger partial charge in [-0.2, -0.15) is 4.98 Å². The van der Waals surface area contributed by atoms with E-state index in [2.05, 4.69) is 51.4 Å². The number of hydrogen-bond acceptors (Lipinski definition) is 5. The van der Waals surface area contributed by atoms with E-state index in [1.807, 2.05) is 17.9 Å². The predicted octanol–water partition coefficient (Wildman–Crippen LogP) is 2.37. The number of carbonyl (C=O) groups is 1. The summed E-state index contributed by atoms with van der Waals surface area (Å²) < 4.78 is 0. The Balaban J connectivity index is 1.67. The van der Waals surface area contributed by atoms with Crippen LogP contribution in [0.2, 0.25) is 0 Å². The summed E-state index contributed by atoms with van der Waals surface area (Å²) in [6.45, 7) is 9.39. The predicted molar refractivity (Wildman–Crippen MR) is 99.7 cm³/mol. The lowest BCUT2D eigenvalue weighted by molar-refractivity contribution is -0.129. The van der Waals surface area contributed by atoms with E-state index < -0.39 is 0 Å². The molecule has 1 N–H and O–H groups in total. The standard InChI is InChI=1S/C19H25N5O/c1-14-5-4-6-17(11-14)13-20-18-12-15(2)21-19(22-18)24-9-7-23(8-10-24)16(3)25/h4-6,11-12H,7-10,13H2,1-3H3,(H,20,21,22). The van der Waals surface area contributed by atoms with Crippen LogP contribution in [-0.2, 0) is 11.3 Å². The lowest BCUT2D eigenvalue weighted by atomic mass is 10.1. The van der Waals surface area contributed by atoms with Crippen molar-refractivity contribution >= 4 is 17.7 Å². The van der Waals surface area contributed by atoms with E-state index >= 15 is 0 Å². The molecule has 6 heteroatoms. The quantitative estimate of drug-likeness (QED) is 0.927. The van der Waals surface area contributed by atoms with Crippen molar-refractivity contribution in [3.05, 3.63) is 47.2 Å². The summed E-state index contributed by atoms with van der Waals surface area (Å²) in [5.74, 6) is 1.69. The molecule has 1 aromatic carbocycles. The van der Waals surface area contributed by atoms with E-state index in [0.29, 0.717) is 0 Å². The van der Waals surface area contributed by atoms with Gasteiger partial charge in [0.25, 0.3) is 0 Å². The second-order valence-corrected chi connectivity index (χ2v) is 6.53. The molecular weight excluding hydrogens is 314 g/mol. The minimum Gasteiger partial charge on any atom is -0.366 e. The van der Waals surface area contributed by atoms with Crippen LogP contribution in [0.5, 0.6) is 0 Å². The first-order chi connectivity index (χ1) is 12.0. The third-order valence-corrected chi connectivity index (χ3v) is 4.41. The number of hydrogen-bond donors (Lipinski definition) is 1. The van der Waals surface area contributed by atoms with Crippen LogP contribution in [0.3, 0.4) is 0 Å². The van der Waals surface area contributed by atoms with E-state index in [-0.39, 0.29) is 5.91 Å². The highest BCUT2D eigenvalue weighted by atomic mass is 16.2. The SMILES string of the molecule is CC(=O)N1CCN(c2nc(C)cc(NCc3cccc(C)c3)n2)CC1. The molecule has 1 amide bonds. The Hall–Kier alpha value is -2.63. The number of carbonyl (C=O) groups excluding carboxylic acids is 1. The zero-order chi connectivity index (χ0) is 17.8. The van der Waals surface area contributed by atoms with Gasteiger partial charge in [-0.05, 0) is 19.4 Å². The fraction of sp³-hybridized carbons (Fsp3) is 0.421. The first kappa shape index (κ1) is 17.2. The summed E-state index contributed by atoms with van der Waals surface area (Å²) in [6, 6.07) is 10.4. The molecule has 2 heterocycles. The summed E-state index contributed by atoms with van der Waals surface area (Å²) in [7, 11) is 0. The Bertz CT molecular complexity index is 753. The van der Waals surface area contributed by atoms with Crippen molar-refractivity contribution in [1.29, 1.82) is 0 Å². The number of piperazine rings is 1. The molecule has 1 saturated heterocycles. The minimum absolute atomic E-state index is 0.130. The third kappa shape index (κ3) is 4.47. The van der Waals surface area contributed by atoms with E-state index in [1.165, 1.54) is 11.1 Å². The molecule has 0 atom stereocenters. The maximum atomic E-state index is 11.5. The molecule has 25 heavy (non-hydrogen) atoms. The highest BCUT2D eigenvalue weighted by Crippen LogP contribution is 2.17. The highest BCUT2D eigenvalue weighted by Gasteiger charge is 2.20. The Kier molecular flexibility index (Phi) is 5.16. The summed E-state index contributed by atoms with van der Waals surface area (Å²) in [4.78, 5) is 24.7. The van der Waals surface area contributed by atoms with Gasteiger partial charge in [0.2, 0.25) is 11.9 Å². The van der Waals surface area contributed by atoms with Crippen LogP contribution in [-0.4, -0.2) is 47.0 Å². The topological polar surface area (TPSA) is 61.4 Å². The minimum atomic E-state index is 0.130. The van der Waals surface area contributed by atoms with Crippen LogP contribution < -0.4 is 10.2 Å². The number of nitrogens with one attached hydrogen (secondary N) is 1. The first-order valence-corrected chi connectivity index (χ1v) is 8.67. The van der Waals surface area contributed by atoms with E-state index in [1.54, 1.807) is 6.92 Å². The number of anilines is 2. The van der Waals surface area contributed by atoms with Crippen LogP contribution >= 0.6 is 0 Å². The van der Waals surface area contributed by atoms with Crippen molar-refractivity contribution in [3.63, 3.8) is 0 Å². The maximum absolute atomic E-state index is 11.5. The van der Waals surface area contributed by atoms with E-state index in [0.717, 1.165) is 50.2 Å². The van der Waals surface area contributed by atoms with Crippen molar-refractivity contribution in [1.82, 2.24) is 14.9 Å². The Labute approximate surface area is 148 Å². The molecule has 0 bridgehead atoms. The Morgan fingerprint density at radius 2 is 1.88 bits per heavy atom.